The Morgan fingerprint density at radius 2 is 2.00 bits per heavy atom. The molecule has 0 aromatic carbocycles. The minimum atomic E-state index is -0.788. The van der Waals surface area contributed by atoms with Gasteiger partial charge in [0, 0.05) is 31.4 Å². The monoisotopic (exact) mass is 272 g/mol. The van der Waals surface area contributed by atoms with Crippen LogP contribution in [0.25, 0.3) is 0 Å². The molecule has 2 unspecified atom stereocenters. The zero-order chi connectivity index (χ0) is 13.1. The molecule has 2 atom stereocenters. The molecule has 0 spiro atoms. The Balaban J connectivity index is 1.98. The first kappa shape index (κ1) is 13.5. The van der Waals surface area contributed by atoms with Gasteiger partial charge in [0.2, 0.25) is 0 Å². The third-order valence-electron chi connectivity index (χ3n) is 3.81. The number of carboxylic acid groups (broad SMARTS) is 1. The molecular weight excluding hydrogens is 252 g/mol. The Kier molecular flexibility index (Phi) is 4.37. The van der Waals surface area contributed by atoms with Crippen LogP contribution in [-0.4, -0.2) is 64.1 Å². The fraction of sp³-hybridized carbons (Fsp3) is 0.833. The van der Waals surface area contributed by atoms with Crippen LogP contribution in [0, 0.1) is 5.92 Å². The van der Waals surface area contributed by atoms with E-state index in [1.165, 1.54) is 0 Å². The summed E-state index contributed by atoms with van der Waals surface area (Å²) in [6.07, 6.45) is 1.60. The van der Waals surface area contributed by atoms with Crippen molar-refractivity contribution in [2.45, 2.75) is 25.8 Å². The molecule has 2 rings (SSSR count). The lowest BCUT2D eigenvalue weighted by molar-refractivity contribution is -0.142. The van der Waals surface area contributed by atoms with Crippen LogP contribution in [0.4, 0.5) is 4.79 Å². The largest absolute Gasteiger partial charge is 0.481 e. The van der Waals surface area contributed by atoms with Gasteiger partial charge in [0.25, 0.3) is 0 Å². The first-order valence-corrected chi connectivity index (χ1v) is 7.63. The zero-order valence-electron chi connectivity index (χ0n) is 10.7. The van der Waals surface area contributed by atoms with E-state index < -0.39 is 11.9 Å². The van der Waals surface area contributed by atoms with E-state index in [2.05, 4.69) is 0 Å². The third kappa shape index (κ3) is 2.74. The highest BCUT2D eigenvalue weighted by molar-refractivity contribution is 7.99. The molecule has 2 saturated heterocycles. The number of amides is 2. The molecule has 0 radical (unpaired) electrons. The molecule has 18 heavy (non-hydrogen) atoms. The van der Waals surface area contributed by atoms with Crippen LogP contribution < -0.4 is 0 Å². The molecule has 0 aromatic rings. The van der Waals surface area contributed by atoms with Gasteiger partial charge in [-0.25, -0.2) is 4.79 Å². The average Bonchev–Trinajstić information content (AvgIpc) is 2.56. The summed E-state index contributed by atoms with van der Waals surface area (Å²) in [5, 5.41) is 9.08. The van der Waals surface area contributed by atoms with Crippen molar-refractivity contribution in [2.24, 2.45) is 5.92 Å². The van der Waals surface area contributed by atoms with E-state index in [9.17, 15) is 9.59 Å². The highest BCUT2D eigenvalue weighted by Gasteiger charge is 2.39. The van der Waals surface area contributed by atoms with Gasteiger partial charge in [0.1, 0.15) is 0 Å². The van der Waals surface area contributed by atoms with Gasteiger partial charge in [-0.2, -0.15) is 11.8 Å². The predicted octanol–water partition coefficient (Wildman–Crippen LogP) is 1.34. The predicted molar refractivity (Wildman–Crippen MR) is 70.8 cm³/mol. The van der Waals surface area contributed by atoms with Gasteiger partial charge in [-0.1, -0.05) is 0 Å². The maximum absolute atomic E-state index is 12.4. The minimum Gasteiger partial charge on any atom is -0.481 e. The van der Waals surface area contributed by atoms with Crippen LogP contribution in [0.3, 0.4) is 0 Å². The summed E-state index contributed by atoms with van der Waals surface area (Å²) in [7, 11) is 0. The fourth-order valence-electron chi connectivity index (χ4n) is 2.66. The lowest BCUT2D eigenvalue weighted by Gasteiger charge is -2.30. The van der Waals surface area contributed by atoms with E-state index in [4.69, 9.17) is 5.11 Å². The zero-order valence-corrected chi connectivity index (χ0v) is 11.5. The Morgan fingerprint density at radius 1 is 1.22 bits per heavy atom. The maximum Gasteiger partial charge on any atom is 0.320 e. The highest BCUT2D eigenvalue weighted by atomic mass is 32.2. The number of hydrogen-bond donors (Lipinski definition) is 1. The average molecular weight is 272 g/mol. The van der Waals surface area contributed by atoms with Crippen molar-refractivity contribution in [1.82, 2.24) is 9.80 Å². The fourth-order valence-corrected chi connectivity index (χ4v) is 3.55. The van der Waals surface area contributed by atoms with Crippen LogP contribution in [0.2, 0.25) is 0 Å². The maximum atomic E-state index is 12.4. The summed E-state index contributed by atoms with van der Waals surface area (Å²) in [6, 6.07) is -0.167. The Hall–Kier alpha value is -0.910. The number of aliphatic carboxylic acids is 1. The number of likely N-dealkylation sites (tertiary alicyclic amines) is 1. The summed E-state index contributed by atoms with van der Waals surface area (Å²) in [4.78, 5) is 27.0. The van der Waals surface area contributed by atoms with Gasteiger partial charge in [0.15, 0.2) is 0 Å². The second-order valence-corrected chi connectivity index (χ2v) is 6.13. The lowest BCUT2D eigenvalue weighted by atomic mass is 10.0. The summed E-state index contributed by atoms with van der Waals surface area (Å²) < 4.78 is 0. The van der Waals surface area contributed by atoms with Crippen LogP contribution >= 0.6 is 11.8 Å². The van der Waals surface area contributed by atoms with Gasteiger partial charge < -0.3 is 14.9 Å². The number of rotatable bonds is 1. The van der Waals surface area contributed by atoms with Gasteiger partial charge in [-0.05, 0) is 25.5 Å². The molecule has 6 heteroatoms. The number of urea groups is 1. The number of carbonyl (C=O) groups excluding carboxylic acids is 1. The van der Waals surface area contributed by atoms with Gasteiger partial charge in [-0.15, -0.1) is 0 Å². The van der Waals surface area contributed by atoms with E-state index in [0.29, 0.717) is 13.0 Å². The third-order valence-corrected chi connectivity index (χ3v) is 4.86. The van der Waals surface area contributed by atoms with Crippen LogP contribution in [-0.2, 0) is 4.79 Å². The van der Waals surface area contributed by atoms with Crippen LogP contribution in [0.5, 0.6) is 0 Å². The normalized spacial score (nSPS) is 29.2. The molecule has 0 aliphatic carbocycles. The lowest BCUT2D eigenvalue weighted by Crippen LogP contribution is -2.47. The SMILES string of the molecule is CC1C(C(=O)O)CCN1C(=O)N1CCCSCC1. The van der Waals surface area contributed by atoms with Crippen LogP contribution in [0.15, 0.2) is 0 Å². The molecule has 2 aliphatic rings. The second-order valence-electron chi connectivity index (χ2n) is 4.90. The molecule has 1 N–H and O–H groups in total. The number of nitrogens with zero attached hydrogens (tertiary/aromatic N) is 2. The van der Waals surface area contributed by atoms with E-state index in [1.807, 2.05) is 23.6 Å². The molecule has 5 nitrogen and oxygen atoms in total. The molecule has 0 aromatic heterocycles. The van der Waals surface area contributed by atoms with Crippen molar-refractivity contribution in [2.75, 3.05) is 31.1 Å². The van der Waals surface area contributed by atoms with Crippen molar-refractivity contribution >= 4 is 23.8 Å². The Bertz CT molecular complexity index is 329. The molecule has 2 fully saturated rings. The minimum absolute atomic E-state index is 0.0220. The summed E-state index contributed by atoms with van der Waals surface area (Å²) in [6.45, 7) is 3.99. The van der Waals surface area contributed by atoms with Crippen molar-refractivity contribution < 1.29 is 14.7 Å². The molecular formula is C12H20N2O3S. The molecule has 2 amide bonds. The number of carboxylic acids is 1. The Labute approximate surface area is 112 Å². The van der Waals surface area contributed by atoms with Crippen molar-refractivity contribution in [3.8, 4) is 0 Å². The molecule has 0 bridgehead atoms. The van der Waals surface area contributed by atoms with Crippen molar-refractivity contribution in [1.29, 1.82) is 0 Å². The van der Waals surface area contributed by atoms with E-state index in [-0.39, 0.29) is 12.1 Å². The van der Waals surface area contributed by atoms with Gasteiger partial charge in [0.05, 0.1) is 5.92 Å². The van der Waals surface area contributed by atoms with E-state index >= 15 is 0 Å². The summed E-state index contributed by atoms with van der Waals surface area (Å²) in [5.41, 5.74) is 0. The molecule has 0 saturated carbocycles. The number of carbonyl (C=O) groups is 2. The quantitative estimate of drug-likeness (QED) is 0.782. The van der Waals surface area contributed by atoms with Crippen LogP contribution in [0.1, 0.15) is 19.8 Å². The Morgan fingerprint density at radius 3 is 2.67 bits per heavy atom. The first-order chi connectivity index (χ1) is 8.61. The van der Waals surface area contributed by atoms with Gasteiger partial charge >= 0.3 is 12.0 Å². The van der Waals surface area contributed by atoms with E-state index in [1.54, 1.807) is 4.90 Å². The highest BCUT2D eigenvalue weighted by Crippen LogP contribution is 2.26. The molecule has 2 aliphatic heterocycles. The molecule has 2 heterocycles. The van der Waals surface area contributed by atoms with Crippen molar-refractivity contribution in [3.63, 3.8) is 0 Å². The number of hydrogen-bond acceptors (Lipinski definition) is 3. The summed E-state index contributed by atoms with van der Waals surface area (Å²) in [5.74, 6) is 0.896. The molecule has 102 valence electrons. The van der Waals surface area contributed by atoms with E-state index in [0.717, 1.165) is 31.0 Å². The van der Waals surface area contributed by atoms with Crippen molar-refractivity contribution in [3.05, 3.63) is 0 Å². The topological polar surface area (TPSA) is 60.9 Å². The second kappa shape index (κ2) is 5.82. The smallest absolute Gasteiger partial charge is 0.320 e. The number of thioether (sulfide) groups is 1. The van der Waals surface area contributed by atoms with Gasteiger partial charge in [-0.3, -0.25) is 4.79 Å². The summed E-state index contributed by atoms with van der Waals surface area (Å²) >= 11 is 1.88. The first-order valence-electron chi connectivity index (χ1n) is 6.47. The standard InChI is InChI=1S/C12H20N2O3S/c1-9-10(11(15)16)3-5-14(9)12(17)13-4-2-7-18-8-6-13/h9-10H,2-8H2,1H3,(H,15,16).